The van der Waals surface area contributed by atoms with Crippen molar-refractivity contribution >= 4 is 5.82 Å². The summed E-state index contributed by atoms with van der Waals surface area (Å²) in [6.07, 6.45) is 0. The van der Waals surface area contributed by atoms with Crippen LogP contribution in [0.3, 0.4) is 0 Å². The molecule has 1 aromatic carbocycles. The van der Waals surface area contributed by atoms with Crippen LogP contribution in [0.5, 0.6) is 0 Å². The molecule has 0 atom stereocenters. The van der Waals surface area contributed by atoms with E-state index in [0.29, 0.717) is 0 Å². The predicted octanol–water partition coefficient (Wildman–Crippen LogP) is 3.36. The van der Waals surface area contributed by atoms with E-state index in [1.807, 2.05) is 7.05 Å². The summed E-state index contributed by atoms with van der Waals surface area (Å²) in [5, 5.41) is 3.25. The van der Waals surface area contributed by atoms with Gasteiger partial charge in [-0.25, -0.2) is 4.98 Å². The molecule has 0 saturated heterocycles. The third-order valence-corrected chi connectivity index (χ3v) is 3.67. The van der Waals surface area contributed by atoms with E-state index in [9.17, 15) is 0 Å². The first kappa shape index (κ1) is 15.5. The maximum absolute atomic E-state index is 4.76. The summed E-state index contributed by atoms with van der Waals surface area (Å²) in [6, 6.07) is 10.8. The fourth-order valence-corrected chi connectivity index (χ4v) is 2.71. The van der Waals surface area contributed by atoms with Crippen molar-refractivity contribution in [2.24, 2.45) is 0 Å². The van der Waals surface area contributed by atoms with E-state index in [2.05, 4.69) is 68.4 Å². The van der Waals surface area contributed by atoms with Gasteiger partial charge >= 0.3 is 0 Å². The topological polar surface area (TPSA) is 28.2 Å². The van der Waals surface area contributed by atoms with Crippen LogP contribution in [0, 0.1) is 20.8 Å². The summed E-state index contributed by atoms with van der Waals surface area (Å²) in [5.74, 6) is 1.07. The summed E-state index contributed by atoms with van der Waals surface area (Å²) in [7, 11) is 4.09. The van der Waals surface area contributed by atoms with Gasteiger partial charge in [0.15, 0.2) is 0 Å². The lowest BCUT2D eigenvalue weighted by Gasteiger charge is -2.23. The average molecular weight is 283 g/mol. The van der Waals surface area contributed by atoms with Gasteiger partial charge in [-0.15, -0.1) is 0 Å². The Kier molecular flexibility index (Phi) is 4.97. The van der Waals surface area contributed by atoms with Crippen LogP contribution in [0.2, 0.25) is 0 Å². The zero-order valence-corrected chi connectivity index (χ0v) is 13.7. The molecule has 0 amide bonds. The van der Waals surface area contributed by atoms with E-state index in [0.717, 1.165) is 24.6 Å². The van der Waals surface area contributed by atoms with Crippen LogP contribution in [-0.4, -0.2) is 19.1 Å². The van der Waals surface area contributed by atoms with E-state index in [1.165, 1.54) is 22.3 Å². The Balaban J connectivity index is 2.31. The van der Waals surface area contributed by atoms with Crippen molar-refractivity contribution in [3.05, 3.63) is 58.3 Å². The van der Waals surface area contributed by atoms with Gasteiger partial charge in [-0.2, -0.15) is 0 Å². The van der Waals surface area contributed by atoms with E-state index < -0.39 is 0 Å². The first-order valence-corrected chi connectivity index (χ1v) is 7.39. The van der Waals surface area contributed by atoms with Gasteiger partial charge in [-0.05, 0) is 45.0 Å². The van der Waals surface area contributed by atoms with Crippen molar-refractivity contribution in [2.75, 3.05) is 19.0 Å². The molecule has 1 N–H and O–H groups in total. The van der Waals surface area contributed by atoms with Crippen molar-refractivity contribution in [1.29, 1.82) is 0 Å². The lowest BCUT2D eigenvalue weighted by atomic mass is 10.1. The Morgan fingerprint density at radius 2 is 1.90 bits per heavy atom. The molecule has 0 unspecified atom stereocenters. The molecule has 0 aliphatic heterocycles. The van der Waals surface area contributed by atoms with E-state index >= 15 is 0 Å². The quantitative estimate of drug-likeness (QED) is 0.912. The molecule has 0 aliphatic rings. The molecule has 1 aromatic heterocycles. The third-order valence-electron chi connectivity index (χ3n) is 3.67. The first-order chi connectivity index (χ1) is 10.0. The SMILES string of the molecule is CNCc1c(C)cc(C)nc1N(C)Cc1cccc(C)c1. The smallest absolute Gasteiger partial charge is 0.133 e. The first-order valence-electron chi connectivity index (χ1n) is 7.39. The highest BCUT2D eigenvalue weighted by Gasteiger charge is 2.12. The number of aryl methyl sites for hydroxylation is 3. The number of anilines is 1. The Morgan fingerprint density at radius 1 is 1.14 bits per heavy atom. The predicted molar refractivity (Wildman–Crippen MR) is 89.8 cm³/mol. The number of nitrogens with one attached hydrogen (secondary N) is 1. The molecule has 1 heterocycles. The van der Waals surface area contributed by atoms with E-state index in [4.69, 9.17) is 4.98 Å². The van der Waals surface area contributed by atoms with Gasteiger partial charge in [0, 0.05) is 31.4 Å². The number of pyridine rings is 1. The van der Waals surface area contributed by atoms with Crippen LogP contribution in [0.4, 0.5) is 5.82 Å². The fourth-order valence-electron chi connectivity index (χ4n) is 2.71. The molecule has 2 aromatic rings. The minimum Gasteiger partial charge on any atom is -0.355 e. The molecule has 2 rings (SSSR count). The number of nitrogens with zero attached hydrogens (tertiary/aromatic N) is 2. The molecule has 0 bridgehead atoms. The summed E-state index contributed by atoms with van der Waals surface area (Å²) < 4.78 is 0. The zero-order chi connectivity index (χ0) is 15.4. The second-order valence-electron chi connectivity index (χ2n) is 5.76. The van der Waals surface area contributed by atoms with Crippen LogP contribution in [0.25, 0.3) is 0 Å². The van der Waals surface area contributed by atoms with E-state index in [-0.39, 0.29) is 0 Å². The lowest BCUT2D eigenvalue weighted by molar-refractivity contribution is 0.786. The number of rotatable bonds is 5. The fraction of sp³-hybridized carbons (Fsp3) is 0.389. The normalized spacial score (nSPS) is 10.7. The van der Waals surface area contributed by atoms with Gasteiger partial charge in [0.05, 0.1) is 0 Å². The van der Waals surface area contributed by atoms with Crippen LogP contribution >= 0.6 is 0 Å². The van der Waals surface area contributed by atoms with Crippen molar-refractivity contribution < 1.29 is 0 Å². The van der Waals surface area contributed by atoms with Crippen molar-refractivity contribution in [3.8, 4) is 0 Å². The molecular formula is C18H25N3. The van der Waals surface area contributed by atoms with Gasteiger partial charge in [-0.1, -0.05) is 29.8 Å². The van der Waals surface area contributed by atoms with Crippen molar-refractivity contribution in [2.45, 2.75) is 33.9 Å². The van der Waals surface area contributed by atoms with Crippen LogP contribution in [0.15, 0.2) is 30.3 Å². The number of benzene rings is 1. The zero-order valence-electron chi connectivity index (χ0n) is 13.7. The van der Waals surface area contributed by atoms with Crippen LogP contribution in [-0.2, 0) is 13.1 Å². The Morgan fingerprint density at radius 3 is 2.57 bits per heavy atom. The Labute approximate surface area is 128 Å². The second-order valence-corrected chi connectivity index (χ2v) is 5.76. The molecule has 0 saturated carbocycles. The van der Waals surface area contributed by atoms with Crippen molar-refractivity contribution in [3.63, 3.8) is 0 Å². The largest absolute Gasteiger partial charge is 0.355 e. The standard InChI is InChI=1S/C18H25N3/c1-13-7-6-8-16(9-13)12-21(5)18-17(11-19-4)14(2)10-15(3)20-18/h6-10,19H,11-12H2,1-5H3. The van der Waals surface area contributed by atoms with Gasteiger partial charge in [0.25, 0.3) is 0 Å². The summed E-state index contributed by atoms with van der Waals surface area (Å²) >= 11 is 0. The molecule has 21 heavy (non-hydrogen) atoms. The maximum atomic E-state index is 4.76. The lowest BCUT2D eigenvalue weighted by Crippen LogP contribution is -2.22. The summed E-state index contributed by atoms with van der Waals surface area (Å²) in [5.41, 5.74) is 6.25. The van der Waals surface area contributed by atoms with E-state index in [1.54, 1.807) is 0 Å². The number of aromatic nitrogens is 1. The number of hydrogen-bond donors (Lipinski definition) is 1. The highest BCUT2D eigenvalue weighted by atomic mass is 15.2. The molecule has 0 radical (unpaired) electrons. The molecule has 3 heteroatoms. The monoisotopic (exact) mass is 283 g/mol. The highest BCUT2D eigenvalue weighted by molar-refractivity contribution is 5.51. The highest BCUT2D eigenvalue weighted by Crippen LogP contribution is 2.23. The maximum Gasteiger partial charge on any atom is 0.133 e. The van der Waals surface area contributed by atoms with Crippen LogP contribution in [0.1, 0.15) is 27.9 Å². The molecule has 3 nitrogen and oxygen atoms in total. The Hall–Kier alpha value is -1.87. The molecule has 0 aliphatic carbocycles. The van der Waals surface area contributed by atoms with Crippen LogP contribution < -0.4 is 10.2 Å². The van der Waals surface area contributed by atoms with Gasteiger partial charge < -0.3 is 10.2 Å². The minimum atomic E-state index is 0.840. The Bertz CT molecular complexity index is 620. The minimum absolute atomic E-state index is 0.840. The summed E-state index contributed by atoms with van der Waals surface area (Å²) in [6.45, 7) is 8.05. The molecule has 112 valence electrons. The van der Waals surface area contributed by atoms with Gasteiger partial charge in [-0.3, -0.25) is 0 Å². The molecule has 0 spiro atoms. The molecular weight excluding hydrogens is 258 g/mol. The second kappa shape index (κ2) is 6.72. The number of hydrogen-bond acceptors (Lipinski definition) is 3. The van der Waals surface area contributed by atoms with Crippen molar-refractivity contribution in [1.82, 2.24) is 10.3 Å². The molecule has 0 fully saturated rings. The average Bonchev–Trinajstić information content (AvgIpc) is 2.41. The third kappa shape index (κ3) is 3.82. The van der Waals surface area contributed by atoms with Gasteiger partial charge in [0.2, 0.25) is 0 Å². The summed E-state index contributed by atoms with van der Waals surface area (Å²) in [4.78, 5) is 6.99. The van der Waals surface area contributed by atoms with Gasteiger partial charge in [0.1, 0.15) is 5.82 Å².